The number of urea groups is 1. The second-order valence-corrected chi connectivity index (χ2v) is 10.1. The third kappa shape index (κ3) is 5.34. The number of fused-ring (bicyclic) bond motifs is 1. The molecule has 3 aliphatic rings. The molecule has 1 aromatic heterocycles. The molecule has 3 N–H and O–H groups in total. The number of carbonyl (C=O) groups excluding carboxylic acids is 2. The molecule has 200 valence electrons. The van der Waals surface area contributed by atoms with Crippen molar-refractivity contribution in [1.29, 1.82) is 10.8 Å². The second-order valence-electron chi connectivity index (χ2n) is 10.1. The smallest absolute Gasteiger partial charge is 0.320 e. The predicted molar refractivity (Wildman–Crippen MR) is 145 cm³/mol. The zero-order chi connectivity index (χ0) is 26.6. The summed E-state index contributed by atoms with van der Waals surface area (Å²) in [6.07, 6.45) is 6.52. The Hall–Kier alpha value is -3.95. The van der Waals surface area contributed by atoms with Crippen molar-refractivity contribution in [2.24, 2.45) is 0 Å². The van der Waals surface area contributed by atoms with Crippen LogP contribution in [0.15, 0.2) is 30.3 Å². The Morgan fingerprint density at radius 1 is 0.947 bits per heavy atom. The number of pyridine rings is 1. The van der Waals surface area contributed by atoms with Gasteiger partial charge >= 0.3 is 6.03 Å². The number of benzene rings is 1. The van der Waals surface area contributed by atoms with Gasteiger partial charge in [0.15, 0.2) is 5.84 Å². The van der Waals surface area contributed by atoms with Gasteiger partial charge in [0, 0.05) is 39.1 Å². The Labute approximate surface area is 223 Å². The number of hydrogen-bond acceptors (Lipinski definition) is 6. The van der Waals surface area contributed by atoms with Gasteiger partial charge in [0.25, 0.3) is 5.91 Å². The fourth-order valence-electron chi connectivity index (χ4n) is 5.42. The van der Waals surface area contributed by atoms with E-state index in [0.717, 1.165) is 49.9 Å². The first-order valence-corrected chi connectivity index (χ1v) is 13.4. The lowest BCUT2D eigenvalue weighted by atomic mass is 9.96. The molecule has 10 nitrogen and oxygen atoms in total. The maximum Gasteiger partial charge on any atom is 0.320 e. The van der Waals surface area contributed by atoms with Gasteiger partial charge in [0.1, 0.15) is 23.1 Å². The van der Waals surface area contributed by atoms with Crippen LogP contribution in [-0.2, 0) is 13.0 Å². The van der Waals surface area contributed by atoms with E-state index in [9.17, 15) is 9.59 Å². The van der Waals surface area contributed by atoms with Gasteiger partial charge in [-0.25, -0.2) is 9.78 Å². The van der Waals surface area contributed by atoms with E-state index in [1.165, 1.54) is 6.42 Å². The van der Waals surface area contributed by atoms with Crippen molar-refractivity contribution in [2.75, 3.05) is 38.6 Å². The second kappa shape index (κ2) is 11.2. The van der Waals surface area contributed by atoms with Gasteiger partial charge in [0.2, 0.25) is 0 Å². The molecule has 0 bridgehead atoms. The van der Waals surface area contributed by atoms with Crippen LogP contribution in [0.1, 0.15) is 65.7 Å². The summed E-state index contributed by atoms with van der Waals surface area (Å²) in [7, 11) is 1.54. The highest BCUT2D eigenvalue weighted by atomic mass is 16.5. The quantitative estimate of drug-likeness (QED) is 0.416. The molecule has 0 aliphatic carbocycles. The first-order valence-electron chi connectivity index (χ1n) is 13.4. The van der Waals surface area contributed by atoms with E-state index >= 15 is 0 Å². The summed E-state index contributed by atoms with van der Waals surface area (Å²) in [5.74, 6) is 1.01. The molecule has 0 atom stereocenters. The predicted octanol–water partition coefficient (Wildman–Crippen LogP) is 4.10. The monoisotopic (exact) mass is 517 g/mol. The highest BCUT2D eigenvalue weighted by Crippen LogP contribution is 2.29. The van der Waals surface area contributed by atoms with Crippen LogP contribution >= 0.6 is 0 Å². The Balaban J connectivity index is 1.32. The number of aromatic nitrogens is 1. The standard InChI is InChI=1S/C28H35N7O3/c1-38-23-17-19-11-15-34(28(37)33-12-4-2-5-13-33)18-20(19)16-21(23)27(36)32-25-10-7-8-22(31-25)26(30)35-14-6-3-9-24(35)29/h7-8,10,16-17,29-30H,2-6,9,11-15,18H2,1H3,(H,31,32,36). The fraction of sp³-hybridized carbons (Fsp3) is 0.464. The van der Waals surface area contributed by atoms with Crippen molar-refractivity contribution in [2.45, 2.75) is 51.5 Å². The van der Waals surface area contributed by atoms with Gasteiger partial charge in [-0.05, 0) is 73.9 Å². The van der Waals surface area contributed by atoms with Crippen LogP contribution in [0, 0.1) is 10.8 Å². The number of carbonyl (C=O) groups is 2. The molecular formula is C28H35N7O3. The normalized spacial score (nSPS) is 17.6. The topological polar surface area (TPSA) is 126 Å². The maximum atomic E-state index is 13.4. The summed E-state index contributed by atoms with van der Waals surface area (Å²) < 4.78 is 5.56. The van der Waals surface area contributed by atoms with Crippen LogP contribution in [0.3, 0.4) is 0 Å². The third-order valence-electron chi connectivity index (χ3n) is 7.55. The minimum atomic E-state index is -0.369. The van der Waals surface area contributed by atoms with Crippen molar-refractivity contribution in [3.8, 4) is 5.75 Å². The number of piperidine rings is 2. The van der Waals surface area contributed by atoms with Gasteiger partial charge < -0.3 is 24.8 Å². The van der Waals surface area contributed by atoms with Crippen LogP contribution in [0.5, 0.6) is 5.75 Å². The van der Waals surface area contributed by atoms with Crippen molar-refractivity contribution < 1.29 is 14.3 Å². The summed E-state index contributed by atoms with van der Waals surface area (Å²) in [5, 5.41) is 19.6. The van der Waals surface area contributed by atoms with E-state index in [1.54, 1.807) is 30.2 Å². The molecule has 0 saturated carbocycles. The van der Waals surface area contributed by atoms with Gasteiger partial charge in [-0.2, -0.15) is 0 Å². The minimum absolute atomic E-state index is 0.0717. The Morgan fingerprint density at radius 3 is 2.50 bits per heavy atom. The highest BCUT2D eigenvalue weighted by molar-refractivity contribution is 6.08. The van der Waals surface area contributed by atoms with Gasteiger partial charge in [-0.1, -0.05) is 6.07 Å². The Kier molecular flexibility index (Phi) is 7.57. The molecule has 4 heterocycles. The number of anilines is 1. The zero-order valence-electron chi connectivity index (χ0n) is 21.9. The largest absolute Gasteiger partial charge is 0.496 e. The van der Waals surface area contributed by atoms with E-state index in [1.807, 2.05) is 21.9 Å². The molecule has 1 aromatic carbocycles. The van der Waals surface area contributed by atoms with Crippen molar-refractivity contribution >= 4 is 29.4 Å². The van der Waals surface area contributed by atoms with Crippen LogP contribution in [0.2, 0.25) is 0 Å². The molecule has 5 rings (SSSR count). The van der Waals surface area contributed by atoms with Crippen molar-refractivity contribution in [3.05, 3.63) is 52.7 Å². The van der Waals surface area contributed by atoms with E-state index in [0.29, 0.717) is 61.1 Å². The zero-order valence-corrected chi connectivity index (χ0v) is 21.9. The van der Waals surface area contributed by atoms with E-state index in [2.05, 4.69) is 10.3 Å². The number of nitrogens with one attached hydrogen (secondary N) is 3. The molecule has 0 spiro atoms. The first kappa shape index (κ1) is 25.7. The fourth-order valence-corrected chi connectivity index (χ4v) is 5.42. The number of amides is 3. The molecule has 10 heteroatoms. The molecule has 2 aromatic rings. The number of hydrogen-bond donors (Lipinski definition) is 3. The van der Waals surface area contributed by atoms with Gasteiger partial charge in [-0.3, -0.25) is 15.6 Å². The molecule has 3 aliphatic heterocycles. The molecular weight excluding hydrogens is 482 g/mol. The molecule has 0 unspecified atom stereocenters. The molecule has 0 radical (unpaired) electrons. The SMILES string of the molecule is COc1cc2c(cc1C(=O)Nc1cccc(C(=N)N3CCCCC3=N)n1)CN(C(=O)N1CCCCC1)CC2. The van der Waals surface area contributed by atoms with Gasteiger partial charge in [-0.15, -0.1) is 0 Å². The minimum Gasteiger partial charge on any atom is -0.496 e. The molecule has 3 amide bonds. The lowest BCUT2D eigenvalue weighted by Crippen LogP contribution is -2.47. The summed E-state index contributed by atoms with van der Waals surface area (Å²) in [5.41, 5.74) is 2.80. The van der Waals surface area contributed by atoms with Crippen LogP contribution < -0.4 is 10.1 Å². The van der Waals surface area contributed by atoms with Crippen LogP contribution in [0.4, 0.5) is 10.6 Å². The Morgan fingerprint density at radius 2 is 1.74 bits per heavy atom. The lowest BCUT2D eigenvalue weighted by molar-refractivity contribution is 0.102. The molecule has 38 heavy (non-hydrogen) atoms. The average Bonchev–Trinajstić information content (AvgIpc) is 2.96. The average molecular weight is 518 g/mol. The number of rotatable bonds is 4. The van der Waals surface area contributed by atoms with Crippen LogP contribution in [-0.4, -0.2) is 76.6 Å². The molecule has 2 fully saturated rings. The lowest BCUT2D eigenvalue weighted by Gasteiger charge is -2.36. The first-order chi connectivity index (χ1) is 18.4. The van der Waals surface area contributed by atoms with E-state index in [4.69, 9.17) is 15.6 Å². The summed E-state index contributed by atoms with van der Waals surface area (Å²) in [6, 6.07) is 8.93. The van der Waals surface area contributed by atoms with E-state index < -0.39 is 0 Å². The highest BCUT2D eigenvalue weighted by Gasteiger charge is 2.28. The summed E-state index contributed by atoms with van der Waals surface area (Å²) in [6.45, 7) is 3.34. The molecule has 2 saturated heterocycles. The van der Waals surface area contributed by atoms with Crippen molar-refractivity contribution in [3.63, 3.8) is 0 Å². The third-order valence-corrected chi connectivity index (χ3v) is 7.55. The number of amidine groups is 2. The van der Waals surface area contributed by atoms with Crippen molar-refractivity contribution in [1.82, 2.24) is 19.7 Å². The summed E-state index contributed by atoms with van der Waals surface area (Å²) in [4.78, 5) is 36.4. The number of nitrogens with zero attached hydrogens (tertiary/aromatic N) is 4. The van der Waals surface area contributed by atoms with Crippen LogP contribution in [0.25, 0.3) is 0 Å². The van der Waals surface area contributed by atoms with Gasteiger partial charge in [0.05, 0.1) is 12.7 Å². The number of likely N-dealkylation sites (tertiary alicyclic amines) is 2. The Bertz CT molecular complexity index is 1260. The van der Waals surface area contributed by atoms with E-state index in [-0.39, 0.29) is 17.8 Å². The number of ether oxygens (including phenoxy) is 1. The maximum absolute atomic E-state index is 13.4. The summed E-state index contributed by atoms with van der Waals surface area (Å²) >= 11 is 0. The number of methoxy groups -OCH3 is 1.